The average Bonchev–Trinajstić information content (AvgIpc) is 3.13. The van der Waals surface area contributed by atoms with Crippen molar-refractivity contribution >= 4 is 23.2 Å². The molecule has 0 saturated carbocycles. The van der Waals surface area contributed by atoms with Crippen LogP contribution >= 0.6 is 0 Å². The number of carbonyl (C=O) groups excluding carboxylic acids is 1. The molecule has 1 fully saturated rings. The third-order valence-electron chi connectivity index (χ3n) is 4.46. The molecule has 1 aromatic carbocycles. The minimum Gasteiger partial charge on any atom is -0.368 e. The van der Waals surface area contributed by atoms with Crippen molar-refractivity contribution in [1.29, 1.82) is 0 Å². The molecule has 0 atom stereocenters. The van der Waals surface area contributed by atoms with E-state index in [0.717, 1.165) is 13.1 Å². The lowest BCUT2D eigenvalue weighted by atomic mass is 10.2. The predicted octanol–water partition coefficient (Wildman–Crippen LogP) is 2.48. The van der Waals surface area contributed by atoms with Gasteiger partial charge in [0.05, 0.1) is 0 Å². The molecular formula is C19H20N6O2. The summed E-state index contributed by atoms with van der Waals surface area (Å²) >= 11 is 0. The zero-order valence-corrected chi connectivity index (χ0v) is 15.0. The summed E-state index contributed by atoms with van der Waals surface area (Å²) < 4.78 is 5.02. The Hall–Kier alpha value is -3.42. The van der Waals surface area contributed by atoms with Gasteiger partial charge in [-0.3, -0.25) is 4.79 Å². The lowest BCUT2D eigenvalue weighted by Gasteiger charge is -2.36. The second-order valence-electron chi connectivity index (χ2n) is 6.35. The molecule has 0 bridgehead atoms. The number of piperazine rings is 1. The SMILES string of the molecule is Cc1cc(Nc2cc(C(=O)N3CCN(c4ccccc4)CC3)ncn2)no1. The number of amides is 1. The lowest BCUT2D eigenvalue weighted by molar-refractivity contribution is 0.0740. The zero-order valence-electron chi connectivity index (χ0n) is 15.0. The fourth-order valence-electron chi connectivity index (χ4n) is 3.07. The standard InChI is InChI=1S/C19H20N6O2/c1-14-11-18(23-27-14)22-17-12-16(20-13-21-17)19(26)25-9-7-24(8-10-25)15-5-3-2-4-6-15/h2-6,11-13H,7-10H2,1H3,(H,20,21,22,23). The Morgan fingerprint density at radius 3 is 2.52 bits per heavy atom. The van der Waals surface area contributed by atoms with E-state index < -0.39 is 0 Å². The second kappa shape index (κ2) is 7.45. The molecule has 0 radical (unpaired) electrons. The number of para-hydroxylation sites is 1. The summed E-state index contributed by atoms with van der Waals surface area (Å²) in [6.45, 7) is 4.71. The minimum absolute atomic E-state index is 0.0931. The summed E-state index contributed by atoms with van der Waals surface area (Å²) in [6, 6.07) is 13.6. The van der Waals surface area contributed by atoms with Crippen LogP contribution in [-0.2, 0) is 0 Å². The molecule has 1 saturated heterocycles. The third-order valence-corrected chi connectivity index (χ3v) is 4.46. The molecule has 2 aromatic heterocycles. The van der Waals surface area contributed by atoms with E-state index in [1.54, 1.807) is 12.1 Å². The van der Waals surface area contributed by atoms with Gasteiger partial charge in [-0.25, -0.2) is 9.97 Å². The number of carbonyl (C=O) groups is 1. The monoisotopic (exact) mass is 364 g/mol. The Labute approximate surface area is 156 Å². The van der Waals surface area contributed by atoms with Gasteiger partial charge in [-0.1, -0.05) is 23.4 Å². The Balaban J connectivity index is 1.40. The van der Waals surface area contributed by atoms with Crippen molar-refractivity contribution in [1.82, 2.24) is 20.0 Å². The van der Waals surface area contributed by atoms with Crippen molar-refractivity contribution in [3.8, 4) is 0 Å². The number of aromatic nitrogens is 3. The maximum atomic E-state index is 12.8. The maximum absolute atomic E-state index is 12.8. The van der Waals surface area contributed by atoms with Gasteiger partial charge in [-0.05, 0) is 19.1 Å². The zero-order chi connectivity index (χ0) is 18.6. The van der Waals surface area contributed by atoms with Crippen LogP contribution in [0.3, 0.4) is 0 Å². The smallest absolute Gasteiger partial charge is 0.272 e. The Kier molecular flexibility index (Phi) is 4.69. The summed E-state index contributed by atoms with van der Waals surface area (Å²) in [6.07, 6.45) is 1.38. The first-order valence-electron chi connectivity index (χ1n) is 8.81. The van der Waals surface area contributed by atoms with E-state index >= 15 is 0 Å². The molecule has 1 N–H and O–H groups in total. The van der Waals surface area contributed by atoms with Crippen LogP contribution in [0.4, 0.5) is 17.3 Å². The molecule has 3 aromatic rings. The Morgan fingerprint density at radius 1 is 1.04 bits per heavy atom. The molecule has 0 spiro atoms. The fraction of sp³-hybridized carbons (Fsp3) is 0.263. The van der Waals surface area contributed by atoms with E-state index in [1.165, 1.54) is 12.0 Å². The summed E-state index contributed by atoms with van der Waals surface area (Å²) in [5.41, 5.74) is 1.54. The number of hydrogen-bond donors (Lipinski definition) is 1. The van der Waals surface area contributed by atoms with Gasteiger partial charge in [0, 0.05) is 44.0 Å². The number of nitrogens with zero attached hydrogens (tertiary/aromatic N) is 5. The van der Waals surface area contributed by atoms with E-state index in [4.69, 9.17) is 4.52 Å². The van der Waals surface area contributed by atoms with Gasteiger partial charge in [-0.2, -0.15) is 0 Å². The highest BCUT2D eigenvalue weighted by molar-refractivity contribution is 5.93. The van der Waals surface area contributed by atoms with Crippen molar-refractivity contribution in [2.24, 2.45) is 0 Å². The lowest BCUT2D eigenvalue weighted by Crippen LogP contribution is -2.49. The number of nitrogens with one attached hydrogen (secondary N) is 1. The molecule has 1 aliphatic heterocycles. The molecule has 8 nitrogen and oxygen atoms in total. The summed E-state index contributed by atoms with van der Waals surface area (Å²) in [5.74, 6) is 1.65. The molecule has 3 heterocycles. The molecule has 1 amide bonds. The van der Waals surface area contributed by atoms with Crippen molar-refractivity contribution in [3.05, 3.63) is 60.2 Å². The molecule has 0 unspecified atom stereocenters. The minimum atomic E-state index is -0.0931. The van der Waals surface area contributed by atoms with Crippen LogP contribution < -0.4 is 10.2 Å². The van der Waals surface area contributed by atoms with Crippen LogP contribution in [-0.4, -0.2) is 52.1 Å². The van der Waals surface area contributed by atoms with Crippen molar-refractivity contribution in [2.75, 3.05) is 36.4 Å². The molecule has 0 aliphatic carbocycles. The highest BCUT2D eigenvalue weighted by Crippen LogP contribution is 2.18. The van der Waals surface area contributed by atoms with Crippen LogP contribution in [0, 0.1) is 6.92 Å². The van der Waals surface area contributed by atoms with E-state index in [1.807, 2.05) is 30.0 Å². The normalized spacial score (nSPS) is 14.3. The topological polar surface area (TPSA) is 87.4 Å². The number of benzene rings is 1. The van der Waals surface area contributed by atoms with Gasteiger partial charge in [0.1, 0.15) is 23.6 Å². The summed E-state index contributed by atoms with van der Waals surface area (Å²) in [7, 11) is 0. The average molecular weight is 364 g/mol. The number of anilines is 3. The van der Waals surface area contributed by atoms with Gasteiger partial charge in [0.2, 0.25) is 0 Å². The van der Waals surface area contributed by atoms with Gasteiger partial charge >= 0.3 is 0 Å². The first kappa shape index (κ1) is 17.0. The molecule has 1 aliphatic rings. The van der Waals surface area contributed by atoms with Crippen molar-refractivity contribution < 1.29 is 9.32 Å². The van der Waals surface area contributed by atoms with E-state index in [-0.39, 0.29) is 5.91 Å². The quantitative estimate of drug-likeness (QED) is 0.761. The van der Waals surface area contributed by atoms with Crippen LogP contribution in [0.2, 0.25) is 0 Å². The molecule has 4 rings (SSSR count). The molecule has 27 heavy (non-hydrogen) atoms. The van der Waals surface area contributed by atoms with Crippen LogP contribution in [0.15, 0.2) is 53.3 Å². The van der Waals surface area contributed by atoms with Gasteiger partial charge in [-0.15, -0.1) is 0 Å². The number of aryl methyl sites for hydroxylation is 1. The molecule has 8 heteroatoms. The number of hydrogen-bond acceptors (Lipinski definition) is 7. The number of rotatable bonds is 4. The molecular weight excluding hydrogens is 344 g/mol. The third kappa shape index (κ3) is 3.89. The van der Waals surface area contributed by atoms with Gasteiger partial charge in [0.15, 0.2) is 5.82 Å². The second-order valence-corrected chi connectivity index (χ2v) is 6.35. The van der Waals surface area contributed by atoms with Crippen LogP contribution in [0.5, 0.6) is 0 Å². The van der Waals surface area contributed by atoms with Crippen LogP contribution in [0.25, 0.3) is 0 Å². The highest BCUT2D eigenvalue weighted by atomic mass is 16.5. The van der Waals surface area contributed by atoms with Crippen molar-refractivity contribution in [3.63, 3.8) is 0 Å². The van der Waals surface area contributed by atoms with E-state index in [9.17, 15) is 4.79 Å². The maximum Gasteiger partial charge on any atom is 0.272 e. The van der Waals surface area contributed by atoms with E-state index in [0.29, 0.717) is 36.2 Å². The Morgan fingerprint density at radius 2 is 1.81 bits per heavy atom. The van der Waals surface area contributed by atoms with Gasteiger partial charge < -0.3 is 19.6 Å². The van der Waals surface area contributed by atoms with Crippen LogP contribution in [0.1, 0.15) is 16.2 Å². The first-order valence-corrected chi connectivity index (χ1v) is 8.81. The predicted molar refractivity (Wildman–Crippen MR) is 101 cm³/mol. The highest BCUT2D eigenvalue weighted by Gasteiger charge is 2.23. The fourth-order valence-corrected chi connectivity index (χ4v) is 3.07. The van der Waals surface area contributed by atoms with E-state index in [2.05, 4.69) is 37.5 Å². The summed E-state index contributed by atoms with van der Waals surface area (Å²) in [4.78, 5) is 25.2. The summed E-state index contributed by atoms with van der Waals surface area (Å²) in [5, 5.41) is 6.88. The Bertz CT molecular complexity index is 919. The van der Waals surface area contributed by atoms with Gasteiger partial charge in [0.25, 0.3) is 5.91 Å². The largest absolute Gasteiger partial charge is 0.368 e. The van der Waals surface area contributed by atoms with Crippen molar-refractivity contribution in [2.45, 2.75) is 6.92 Å². The molecule has 138 valence electrons. The first-order chi connectivity index (χ1) is 13.2.